The minimum atomic E-state index is -0.275. The number of ether oxygens (including phenoxy) is 1. The van der Waals surface area contributed by atoms with Crippen molar-refractivity contribution in [1.29, 1.82) is 0 Å². The SMILES string of the molecule is COc1ccc(CC2CCCCC2=O)c(F)c1. The lowest BCUT2D eigenvalue weighted by Gasteiger charge is -2.20. The molecule has 2 nitrogen and oxygen atoms in total. The summed E-state index contributed by atoms with van der Waals surface area (Å²) in [6.45, 7) is 0. The van der Waals surface area contributed by atoms with Gasteiger partial charge in [0.05, 0.1) is 7.11 Å². The van der Waals surface area contributed by atoms with Crippen LogP contribution in [0.15, 0.2) is 18.2 Å². The summed E-state index contributed by atoms with van der Waals surface area (Å²) in [4.78, 5) is 11.7. The first-order valence-corrected chi connectivity index (χ1v) is 6.06. The van der Waals surface area contributed by atoms with Gasteiger partial charge in [-0.3, -0.25) is 4.79 Å². The van der Waals surface area contributed by atoms with Crippen LogP contribution < -0.4 is 4.74 Å². The Balaban J connectivity index is 2.10. The quantitative estimate of drug-likeness (QED) is 0.806. The van der Waals surface area contributed by atoms with Crippen LogP contribution in [0.2, 0.25) is 0 Å². The summed E-state index contributed by atoms with van der Waals surface area (Å²) in [5.74, 6) is 0.530. The Morgan fingerprint density at radius 2 is 2.24 bits per heavy atom. The first-order valence-electron chi connectivity index (χ1n) is 6.06. The first-order chi connectivity index (χ1) is 8.20. The lowest BCUT2D eigenvalue weighted by molar-refractivity contribution is -0.124. The molecule has 0 saturated heterocycles. The van der Waals surface area contributed by atoms with Gasteiger partial charge in [-0.25, -0.2) is 4.39 Å². The molecule has 1 unspecified atom stereocenters. The lowest BCUT2D eigenvalue weighted by atomic mass is 9.83. The van der Waals surface area contributed by atoms with E-state index in [1.54, 1.807) is 12.1 Å². The van der Waals surface area contributed by atoms with E-state index in [2.05, 4.69) is 0 Å². The summed E-state index contributed by atoms with van der Waals surface area (Å²) in [5, 5.41) is 0. The Labute approximate surface area is 101 Å². The van der Waals surface area contributed by atoms with Gasteiger partial charge in [-0.1, -0.05) is 12.5 Å². The van der Waals surface area contributed by atoms with Crippen LogP contribution in [-0.4, -0.2) is 12.9 Å². The monoisotopic (exact) mass is 236 g/mol. The zero-order valence-electron chi connectivity index (χ0n) is 10.0. The van der Waals surface area contributed by atoms with Gasteiger partial charge in [0.25, 0.3) is 0 Å². The molecule has 2 rings (SSSR count). The van der Waals surface area contributed by atoms with Crippen molar-refractivity contribution in [2.75, 3.05) is 7.11 Å². The smallest absolute Gasteiger partial charge is 0.136 e. The minimum Gasteiger partial charge on any atom is -0.497 e. The summed E-state index contributed by atoms with van der Waals surface area (Å²) in [6.07, 6.45) is 4.13. The molecule has 1 atom stereocenters. The van der Waals surface area contributed by atoms with E-state index < -0.39 is 0 Å². The predicted octanol–water partition coefficient (Wildman–Crippen LogP) is 3.14. The van der Waals surface area contributed by atoms with Gasteiger partial charge in [-0.05, 0) is 30.9 Å². The number of hydrogen-bond acceptors (Lipinski definition) is 2. The third-order valence-electron chi connectivity index (χ3n) is 3.41. The molecular formula is C14H17FO2. The molecule has 92 valence electrons. The number of Topliss-reactive ketones (excluding diaryl/α,β-unsaturated/α-hetero) is 1. The third kappa shape index (κ3) is 2.84. The molecule has 3 heteroatoms. The Bertz CT molecular complexity index is 415. The lowest BCUT2D eigenvalue weighted by Crippen LogP contribution is -2.21. The van der Waals surface area contributed by atoms with Crippen LogP contribution in [0.4, 0.5) is 4.39 Å². The normalized spacial score (nSPS) is 20.4. The average molecular weight is 236 g/mol. The Morgan fingerprint density at radius 3 is 2.88 bits per heavy atom. The summed E-state index contributed by atoms with van der Waals surface area (Å²) in [7, 11) is 1.51. The number of methoxy groups -OCH3 is 1. The van der Waals surface area contributed by atoms with Crippen molar-refractivity contribution in [3.05, 3.63) is 29.6 Å². The predicted molar refractivity (Wildman–Crippen MR) is 63.6 cm³/mol. The molecular weight excluding hydrogens is 219 g/mol. The van der Waals surface area contributed by atoms with E-state index >= 15 is 0 Å². The summed E-state index contributed by atoms with van der Waals surface area (Å²) in [6, 6.07) is 4.84. The molecule has 0 amide bonds. The molecule has 1 aromatic carbocycles. The van der Waals surface area contributed by atoms with Crippen molar-refractivity contribution in [3.8, 4) is 5.75 Å². The Hall–Kier alpha value is -1.38. The highest BCUT2D eigenvalue weighted by Crippen LogP contribution is 2.26. The minimum absolute atomic E-state index is 0.00615. The van der Waals surface area contributed by atoms with Crippen molar-refractivity contribution < 1.29 is 13.9 Å². The van der Waals surface area contributed by atoms with E-state index in [9.17, 15) is 9.18 Å². The fourth-order valence-corrected chi connectivity index (χ4v) is 2.36. The molecule has 17 heavy (non-hydrogen) atoms. The van der Waals surface area contributed by atoms with E-state index in [-0.39, 0.29) is 17.5 Å². The van der Waals surface area contributed by atoms with Crippen molar-refractivity contribution in [1.82, 2.24) is 0 Å². The van der Waals surface area contributed by atoms with E-state index in [0.29, 0.717) is 24.2 Å². The van der Waals surface area contributed by atoms with Gasteiger partial charge in [-0.2, -0.15) is 0 Å². The van der Waals surface area contributed by atoms with Crippen LogP contribution in [0.3, 0.4) is 0 Å². The van der Waals surface area contributed by atoms with Gasteiger partial charge in [0, 0.05) is 18.4 Å². The number of carbonyl (C=O) groups is 1. The van der Waals surface area contributed by atoms with E-state index in [1.807, 2.05) is 0 Å². The summed E-state index contributed by atoms with van der Waals surface area (Å²) < 4.78 is 18.7. The largest absolute Gasteiger partial charge is 0.497 e. The highest BCUT2D eigenvalue weighted by Gasteiger charge is 2.23. The second-order valence-corrected chi connectivity index (χ2v) is 4.57. The van der Waals surface area contributed by atoms with Crippen LogP contribution in [0.1, 0.15) is 31.2 Å². The topological polar surface area (TPSA) is 26.3 Å². The second kappa shape index (κ2) is 5.30. The maximum absolute atomic E-state index is 13.7. The fraction of sp³-hybridized carbons (Fsp3) is 0.500. The van der Waals surface area contributed by atoms with Gasteiger partial charge in [0.2, 0.25) is 0 Å². The van der Waals surface area contributed by atoms with Gasteiger partial charge in [-0.15, -0.1) is 0 Å². The van der Waals surface area contributed by atoms with E-state index in [1.165, 1.54) is 13.2 Å². The third-order valence-corrected chi connectivity index (χ3v) is 3.41. The molecule has 0 heterocycles. The van der Waals surface area contributed by atoms with Crippen molar-refractivity contribution in [2.45, 2.75) is 32.1 Å². The van der Waals surface area contributed by atoms with E-state index in [4.69, 9.17) is 4.74 Å². The Kier molecular flexibility index (Phi) is 3.77. The number of halogens is 1. The van der Waals surface area contributed by atoms with Gasteiger partial charge in [0.15, 0.2) is 0 Å². The molecule has 1 saturated carbocycles. The molecule has 0 aliphatic heterocycles. The molecule has 0 aromatic heterocycles. The van der Waals surface area contributed by atoms with Gasteiger partial charge >= 0.3 is 0 Å². The molecule has 0 radical (unpaired) electrons. The van der Waals surface area contributed by atoms with Crippen molar-refractivity contribution in [3.63, 3.8) is 0 Å². The zero-order chi connectivity index (χ0) is 12.3. The molecule has 0 spiro atoms. The Morgan fingerprint density at radius 1 is 1.41 bits per heavy atom. The molecule has 1 aliphatic carbocycles. The standard InChI is InChI=1S/C14H17FO2/c1-17-12-7-6-10(13(15)9-12)8-11-4-2-3-5-14(11)16/h6-7,9,11H,2-5,8H2,1H3. The van der Waals surface area contributed by atoms with E-state index in [0.717, 1.165) is 19.3 Å². The second-order valence-electron chi connectivity index (χ2n) is 4.57. The highest BCUT2D eigenvalue weighted by molar-refractivity contribution is 5.81. The molecule has 0 bridgehead atoms. The molecule has 1 aromatic rings. The van der Waals surface area contributed by atoms with Crippen LogP contribution >= 0.6 is 0 Å². The molecule has 1 fully saturated rings. The summed E-state index contributed by atoms with van der Waals surface area (Å²) >= 11 is 0. The average Bonchev–Trinajstić information content (AvgIpc) is 2.34. The number of benzene rings is 1. The van der Waals surface area contributed by atoms with Crippen LogP contribution in [0.5, 0.6) is 5.75 Å². The number of carbonyl (C=O) groups excluding carboxylic acids is 1. The first kappa shape index (κ1) is 12.1. The zero-order valence-corrected chi connectivity index (χ0v) is 10.0. The fourth-order valence-electron chi connectivity index (χ4n) is 2.36. The van der Waals surface area contributed by atoms with Crippen LogP contribution in [0, 0.1) is 11.7 Å². The summed E-state index contributed by atoms with van der Waals surface area (Å²) in [5.41, 5.74) is 0.617. The van der Waals surface area contributed by atoms with Crippen molar-refractivity contribution in [2.24, 2.45) is 5.92 Å². The number of hydrogen-bond donors (Lipinski definition) is 0. The van der Waals surface area contributed by atoms with Crippen LogP contribution in [0.25, 0.3) is 0 Å². The maximum atomic E-state index is 13.7. The number of ketones is 1. The van der Waals surface area contributed by atoms with Gasteiger partial charge < -0.3 is 4.74 Å². The van der Waals surface area contributed by atoms with Crippen LogP contribution in [-0.2, 0) is 11.2 Å². The van der Waals surface area contributed by atoms with Gasteiger partial charge in [0.1, 0.15) is 17.3 Å². The number of rotatable bonds is 3. The molecule has 0 N–H and O–H groups in total. The highest BCUT2D eigenvalue weighted by atomic mass is 19.1. The maximum Gasteiger partial charge on any atom is 0.136 e. The van der Waals surface area contributed by atoms with Crippen molar-refractivity contribution >= 4 is 5.78 Å². The molecule has 1 aliphatic rings.